The number of amides is 1. The smallest absolute Gasteiger partial charge is 0.289 e. The van der Waals surface area contributed by atoms with Crippen LogP contribution in [0.1, 0.15) is 48.4 Å². The predicted octanol–water partition coefficient (Wildman–Crippen LogP) is 4.35. The molecule has 6 nitrogen and oxygen atoms in total. The van der Waals surface area contributed by atoms with E-state index >= 15 is 0 Å². The predicted molar refractivity (Wildman–Crippen MR) is 101 cm³/mol. The molecule has 1 fully saturated rings. The van der Waals surface area contributed by atoms with Gasteiger partial charge in [-0.2, -0.15) is 13.9 Å². The second kappa shape index (κ2) is 7.28. The molecule has 0 saturated heterocycles. The number of aromatic nitrogens is 3. The normalized spacial score (nSPS) is 17.7. The minimum Gasteiger partial charge on any atom is -0.321 e. The third kappa shape index (κ3) is 4.55. The van der Waals surface area contributed by atoms with E-state index in [4.69, 9.17) is 5.14 Å². The van der Waals surface area contributed by atoms with Gasteiger partial charge in [0.25, 0.3) is 11.8 Å². The molecule has 1 aliphatic carbocycles. The second-order valence-corrected chi connectivity index (χ2v) is 8.50. The van der Waals surface area contributed by atoms with Gasteiger partial charge >= 0.3 is 0 Å². The SMILES string of the molecule is Cc1c(C(C)(F)F)nn(CC2(C)CC(F)(F)C2)c1C(=O)Nc1ccnc(SN)c1. The number of carbonyl (C=O) groups excluding carboxylic acids is 1. The van der Waals surface area contributed by atoms with Crippen molar-refractivity contribution in [2.45, 2.75) is 57.0 Å². The summed E-state index contributed by atoms with van der Waals surface area (Å²) < 4.78 is 55.9. The number of anilines is 1. The van der Waals surface area contributed by atoms with Crippen molar-refractivity contribution >= 4 is 23.5 Å². The van der Waals surface area contributed by atoms with E-state index in [-0.39, 0.29) is 30.6 Å². The molecule has 11 heteroatoms. The van der Waals surface area contributed by atoms with Crippen LogP contribution in [-0.2, 0) is 12.5 Å². The molecule has 2 aromatic rings. The van der Waals surface area contributed by atoms with Crippen LogP contribution in [0, 0.1) is 12.3 Å². The Bertz CT molecular complexity index is 933. The van der Waals surface area contributed by atoms with Gasteiger partial charge in [0, 0.05) is 43.8 Å². The van der Waals surface area contributed by atoms with Crippen molar-refractivity contribution in [2.75, 3.05) is 5.32 Å². The summed E-state index contributed by atoms with van der Waals surface area (Å²) in [4.78, 5) is 16.9. The number of pyridine rings is 1. The highest BCUT2D eigenvalue weighted by Gasteiger charge is 2.54. The molecular formula is C18H21F4N5OS. The highest BCUT2D eigenvalue weighted by atomic mass is 32.2. The lowest BCUT2D eigenvalue weighted by Crippen LogP contribution is -2.47. The summed E-state index contributed by atoms with van der Waals surface area (Å²) in [5, 5.41) is 12.4. The number of halogens is 4. The Balaban J connectivity index is 1.95. The van der Waals surface area contributed by atoms with Crippen LogP contribution in [0.3, 0.4) is 0 Å². The van der Waals surface area contributed by atoms with Crippen molar-refractivity contribution in [3.8, 4) is 0 Å². The highest BCUT2D eigenvalue weighted by Crippen LogP contribution is 2.52. The summed E-state index contributed by atoms with van der Waals surface area (Å²) in [7, 11) is 0. The summed E-state index contributed by atoms with van der Waals surface area (Å²) in [5.74, 6) is -6.74. The lowest BCUT2D eigenvalue weighted by molar-refractivity contribution is -0.160. The number of nitrogens with zero attached hydrogens (tertiary/aromatic N) is 3. The number of alkyl halides is 4. The van der Waals surface area contributed by atoms with Crippen LogP contribution in [0.2, 0.25) is 0 Å². The molecule has 1 amide bonds. The van der Waals surface area contributed by atoms with Gasteiger partial charge in [0.15, 0.2) is 0 Å². The second-order valence-electron chi connectivity index (χ2n) is 7.84. The first-order chi connectivity index (χ1) is 13.3. The van der Waals surface area contributed by atoms with Gasteiger partial charge in [0.05, 0.1) is 0 Å². The third-order valence-corrected chi connectivity index (χ3v) is 5.30. The summed E-state index contributed by atoms with van der Waals surface area (Å²) in [6, 6.07) is 3.05. The van der Waals surface area contributed by atoms with Gasteiger partial charge in [0.2, 0.25) is 5.92 Å². The molecule has 3 N–H and O–H groups in total. The molecule has 0 atom stereocenters. The Morgan fingerprint density at radius 1 is 1.41 bits per heavy atom. The van der Waals surface area contributed by atoms with Crippen molar-refractivity contribution in [3.05, 3.63) is 35.3 Å². The van der Waals surface area contributed by atoms with E-state index in [0.717, 1.165) is 16.6 Å². The Kier molecular flexibility index (Phi) is 5.41. The van der Waals surface area contributed by atoms with Crippen molar-refractivity contribution < 1.29 is 22.4 Å². The van der Waals surface area contributed by atoms with Gasteiger partial charge < -0.3 is 5.32 Å². The van der Waals surface area contributed by atoms with Crippen LogP contribution in [0.25, 0.3) is 0 Å². The Morgan fingerprint density at radius 2 is 2.07 bits per heavy atom. The molecule has 1 saturated carbocycles. The Hall–Kier alpha value is -2.14. The lowest BCUT2D eigenvalue weighted by Gasteiger charge is -2.44. The van der Waals surface area contributed by atoms with Crippen molar-refractivity contribution in [3.63, 3.8) is 0 Å². The van der Waals surface area contributed by atoms with Gasteiger partial charge in [-0.25, -0.2) is 13.8 Å². The number of nitrogens with two attached hydrogens (primary N) is 1. The summed E-state index contributed by atoms with van der Waals surface area (Å²) in [6.45, 7) is 3.61. The van der Waals surface area contributed by atoms with Crippen LogP contribution >= 0.6 is 11.9 Å². The number of rotatable bonds is 6. The zero-order valence-electron chi connectivity index (χ0n) is 16.1. The molecule has 0 radical (unpaired) electrons. The van der Waals surface area contributed by atoms with Crippen molar-refractivity contribution in [2.24, 2.45) is 10.6 Å². The van der Waals surface area contributed by atoms with Gasteiger partial charge in [-0.1, -0.05) is 6.92 Å². The monoisotopic (exact) mass is 431 g/mol. The van der Waals surface area contributed by atoms with Crippen LogP contribution in [0.4, 0.5) is 23.2 Å². The van der Waals surface area contributed by atoms with E-state index in [1.807, 2.05) is 0 Å². The fraction of sp³-hybridized carbons (Fsp3) is 0.500. The number of hydrogen-bond donors (Lipinski definition) is 2. The quantitative estimate of drug-likeness (QED) is 0.525. The minimum absolute atomic E-state index is 0.00663. The molecule has 2 aromatic heterocycles. The number of hydrogen-bond acceptors (Lipinski definition) is 5. The first-order valence-corrected chi connectivity index (χ1v) is 9.69. The van der Waals surface area contributed by atoms with Crippen LogP contribution < -0.4 is 10.5 Å². The fourth-order valence-corrected chi connectivity index (χ4v) is 4.10. The third-order valence-electron chi connectivity index (χ3n) is 4.84. The van der Waals surface area contributed by atoms with Crippen LogP contribution in [0.15, 0.2) is 23.4 Å². The standard InChI is InChI=1S/C18H21F4N5OS/c1-10-13(15(28)25-11-4-5-24-12(6-11)29-23)27(26-14(10)17(3,19)20)9-16(2)7-18(21,22)8-16/h4-6H,7-9,23H2,1-3H3,(H,24,25,28). The van der Waals surface area contributed by atoms with Crippen molar-refractivity contribution in [1.82, 2.24) is 14.8 Å². The molecule has 29 heavy (non-hydrogen) atoms. The molecule has 3 rings (SSSR count). The maximum atomic E-state index is 14.0. The summed E-state index contributed by atoms with van der Waals surface area (Å²) >= 11 is 0.888. The van der Waals surface area contributed by atoms with E-state index in [1.54, 1.807) is 6.92 Å². The van der Waals surface area contributed by atoms with Gasteiger partial charge in [-0.15, -0.1) is 0 Å². The average molecular weight is 431 g/mol. The average Bonchev–Trinajstić information content (AvgIpc) is 2.89. The molecular weight excluding hydrogens is 410 g/mol. The lowest BCUT2D eigenvalue weighted by atomic mass is 9.67. The molecule has 1 aliphatic rings. The molecule has 0 aliphatic heterocycles. The highest BCUT2D eigenvalue weighted by molar-refractivity contribution is 7.97. The van der Waals surface area contributed by atoms with Crippen LogP contribution in [0.5, 0.6) is 0 Å². The van der Waals surface area contributed by atoms with Gasteiger partial charge in [-0.3, -0.25) is 14.6 Å². The van der Waals surface area contributed by atoms with E-state index in [0.29, 0.717) is 17.6 Å². The maximum Gasteiger partial charge on any atom is 0.289 e. The summed E-state index contributed by atoms with van der Waals surface area (Å²) in [5.41, 5.74) is -1.09. The Morgan fingerprint density at radius 3 is 2.62 bits per heavy atom. The zero-order chi connectivity index (χ0) is 21.6. The van der Waals surface area contributed by atoms with Crippen LogP contribution in [-0.4, -0.2) is 26.6 Å². The van der Waals surface area contributed by atoms with E-state index in [9.17, 15) is 22.4 Å². The Labute approximate surface area is 169 Å². The molecule has 0 aromatic carbocycles. The van der Waals surface area contributed by atoms with E-state index < -0.39 is 28.9 Å². The first-order valence-electron chi connectivity index (χ1n) is 8.81. The first kappa shape index (κ1) is 21.6. The zero-order valence-corrected chi connectivity index (χ0v) is 16.9. The maximum absolute atomic E-state index is 14.0. The van der Waals surface area contributed by atoms with E-state index in [2.05, 4.69) is 15.4 Å². The fourth-order valence-electron chi connectivity index (χ4n) is 3.78. The van der Waals surface area contributed by atoms with E-state index in [1.165, 1.54) is 25.3 Å². The minimum atomic E-state index is -3.28. The molecule has 2 heterocycles. The summed E-state index contributed by atoms with van der Waals surface area (Å²) in [6.07, 6.45) is 0.663. The largest absolute Gasteiger partial charge is 0.321 e. The molecule has 0 bridgehead atoms. The van der Waals surface area contributed by atoms with Crippen molar-refractivity contribution in [1.29, 1.82) is 0 Å². The topological polar surface area (TPSA) is 85.8 Å². The molecule has 158 valence electrons. The molecule has 0 unspecified atom stereocenters. The van der Waals surface area contributed by atoms with Gasteiger partial charge in [0.1, 0.15) is 16.4 Å². The molecule has 0 spiro atoms. The number of carbonyl (C=O) groups is 1. The van der Waals surface area contributed by atoms with Gasteiger partial charge in [-0.05, 0) is 36.4 Å². The number of nitrogens with one attached hydrogen (secondary N) is 1.